The summed E-state index contributed by atoms with van der Waals surface area (Å²) in [4.78, 5) is 11.8. The normalized spacial score (nSPS) is 10.5. The molecule has 1 amide bonds. The minimum atomic E-state index is -0.376. The van der Waals surface area contributed by atoms with Crippen LogP contribution in [0.25, 0.3) is 0 Å². The smallest absolute Gasteiger partial charge is 0.277 e. The summed E-state index contributed by atoms with van der Waals surface area (Å²) in [6, 6.07) is 11.0. The van der Waals surface area contributed by atoms with Gasteiger partial charge in [0.05, 0.1) is 5.75 Å². The van der Waals surface area contributed by atoms with Crippen LogP contribution in [0.4, 0.5) is 14.5 Å². The van der Waals surface area contributed by atoms with Crippen LogP contribution in [0.2, 0.25) is 0 Å². The summed E-state index contributed by atoms with van der Waals surface area (Å²) in [7, 11) is 0. The summed E-state index contributed by atoms with van der Waals surface area (Å²) in [5.41, 5.74) is 0.496. The van der Waals surface area contributed by atoms with E-state index >= 15 is 0 Å². The van der Waals surface area contributed by atoms with Gasteiger partial charge in [0, 0.05) is 5.69 Å². The third-order valence-corrected chi connectivity index (χ3v) is 3.90. The lowest BCUT2D eigenvalue weighted by Gasteiger charge is -2.03. The summed E-state index contributed by atoms with van der Waals surface area (Å²) in [5, 5.41) is 10.5. The Labute approximate surface area is 151 Å². The number of benzene rings is 2. The number of halogens is 2. The minimum Gasteiger partial charge on any atom is -0.484 e. The Hall–Kier alpha value is -2.94. The zero-order valence-electron chi connectivity index (χ0n) is 13.3. The van der Waals surface area contributed by atoms with E-state index in [1.165, 1.54) is 48.5 Å². The van der Waals surface area contributed by atoms with Gasteiger partial charge in [-0.15, -0.1) is 10.2 Å². The molecule has 0 spiro atoms. The van der Waals surface area contributed by atoms with E-state index in [1.54, 1.807) is 0 Å². The van der Waals surface area contributed by atoms with Crippen LogP contribution < -0.4 is 10.1 Å². The molecular weight excluding hydrogens is 364 g/mol. The number of nitrogens with one attached hydrogen (secondary N) is 1. The molecule has 0 aliphatic carbocycles. The Balaban J connectivity index is 1.45. The summed E-state index contributed by atoms with van der Waals surface area (Å²) in [5.74, 6) is -0.263. The highest BCUT2D eigenvalue weighted by Gasteiger charge is 2.10. The quantitative estimate of drug-likeness (QED) is 0.633. The van der Waals surface area contributed by atoms with Crippen molar-refractivity contribution < 1.29 is 22.7 Å². The zero-order valence-corrected chi connectivity index (χ0v) is 14.1. The van der Waals surface area contributed by atoms with Crippen molar-refractivity contribution in [1.82, 2.24) is 10.2 Å². The number of hydrogen-bond acceptors (Lipinski definition) is 6. The first-order chi connectivity index (χ1) is 12.6. The molecule has 134 valence electrons. The fourth-order valence-corrected chi connectivity index (χ4v) is 2.47. The van der Waals surface area contributed by atoms with Gasteiger partial charge >= 0.3 is 0 Å². The Morgan fingerprint density at radius 1 is 1.04 bits per heavy atom. The maximum Gasteiger partial charge on any atom is 0.277 e. The van der Waals surface area contributed by atoms with Crippen molar-refractivity contribution in [2.24, 2.45) is 0 Å². The molecule has 6 nitrogen and oxygen atoms in total. The zero-order chi connectivity index (χ0) is 18.4. The van der Waals surface area contributed by atoms with Gasteiger partial charge in [0.15, 0.2) is 6.61 Å². The molecule has 0 fully saturated rings. The van der Waals surface area contributed by atoms with Crippen LogP contribution in [0.3, 0.4) is 0 Å². The fourth-order valence-electron chi connectivity index (χ4n) is 1.89. The summed E-state index contributed by atoms with van der Waals surface area (Å²) in [6.07, 6.45) is 0. The molecule has 0 unspecified atom stereocenters. The first-order valence-corrected chi connectivity index (χ1v) is 8.46. The van der Waals surface area contributed by atoms with Crippen molar-refractivity contribution in [2.75, 3.05) is 11.1 Å². The highest BCUT2D eigenvalue weighted by Crippen LogP contribution is 2.18. The lowest BCUT2D eigenvalue weighted by molar-refractivity contribution is -0.113. The second-order valence-corrected chi connectivity index (χ2v) is 5.97. The van der Waals surface area contributed by atoms with Gasteiger partial charge in [-0.25, -0.2) is 8.78 Å². The van der Waals surface area contributed by atoms with Crippen LogP contribution in [0.15, 0.2) is 58.2 Å². The number of carbonyl (C=O) groups is 1. The van der Waals surface area contributed by atoms with Crippen LogP contribution in [0, 0.1) is 11.6 Å². The maximum absolute atomic E-state index is 12.8. The van der Waals surface area contributed by atoms with Gasteiger partial charge in [-0.3, -0.25) is 4.79 Å². The highest BCUT2D eigenvalue weighted by atomic mass is 32.2. The van der Waals surface area contributed by atoms with Crippen LogP contribution in [-0.2, 0) is 11.4 Å². The molecule has 0 atom stereocenters. The predicted molar refractivity (Wildman–Crippen MR) is 90.8 cm³/mol. The lowest BCUT2D eigenvalue weighted by Crippen LogP contribution is -2.13. The first kappa shape index (κ1) is 17.9. The molecule has 26 heavy (non-hydrogen) atoms. The Morgan fingerprint density at radius 3 is 2.38 bits per heavy atom. The van der Waals surface area contributed by atoms with Gasteiger partial charge < -0.3 is 14.5 Å². The highest BCUT2D eigenvalue weighted by molar-refractivity contribution is 7.99. The van der Waals surface area contributed by atoms with Crippen molar-refractivity contribution in [1.29, 1.82) is 0 Å². The number of amides is 1. The summed E-state index contributed by atoms with van der Waals surface area (Å²) < 4.78 is 36.4. The average molecular weight is 377 g/mol. The SMILES string of the molecule is O=C(CSc1nnc(COc2ccc(F)cc2)o1)Nc1ccc(F)cc1. The molecular formula is C17H13F2N3O3S. The van der Waals surface area contributed by atoms with Crippen molar-refractivity contribution in [3.63, 3.8) is 0 Å². The molecule has 1 aromatic heterocycles. The van der Waals surface area contributed by atoms with Gasteiger partial charge in [0.25, 0.3) is 11.1 Å². The number of ether oxygens (including phenoxy) is 1. The van der Waals surface area contributed by atoms with E-state index in [0.29, 0.717) is 11.4 Å². The second kappa shape index (κ2) is 8.43. The van der Waals surface area contributed by atoms with Gasteiger partial charge in [0.1, 0.15) is 17.4 Å². The molecule has 0 aliphatic rings. The number of carbonyl (C=O) groups excluding carboxylic acids is 1. The molecule has 1 heterocycles. The van der Waals surface area contributed by atoms with Crippen molar-refractivity contribution in [2.45, 2.75) is 11.8 Å². The van der Waals surface area contributed by atoms with Crippen molar-refractivity contribution >= 4 is 23.4 Å². The van der Waals surface area contributed by atoms with Gasteiger partial charge in [0.2, 0.25) is 5.91 Å². The summed E-state index contributed by atoms with van der Waals surface area (Å²) in [6.45, 7) is 0.0287. The van der Waals surface area contributed by atoms with Crippen LogP contribution in [0.1, 0.15) is 5.89 Å². The van der Waals surface area contributed by atoms with Gasteiger partial charge in [-0.05, 0) is 48.5 Å². The minimum absolute atomic E-state index is 0.0287. The molecule has 0 bridgehead atoms. The average Bonchev–Trinajstić information content (AvgIpc) is 3.09. The standard InChI is InChI=1S/C17H13F2N3O3S/c18-11-1-5-13(6-2-11)20-15(23)10-26-17-22-21-16(25-17)9-24-14-7-3-12(19)4-8-14/h1-8H,9-10H2,(H,20,23). The van der Waals surface area contributed by atoms with E-state index in [4.69, 9.17) is 9.15 Å². The van der Waals surface area contributed by atoms with Crippen LogP contribution in [0.5, 0.6) is 5.75 Å². The number of hydrogen-bond donors (Lipinski definition) is 1. The van der Waals surface area contributed by atoms with Crippen molar-refractivity contribution in [3.8, 4) is 5.75 Å². The second-order valence-electron chi connectivity index (χ2n) is 5.05. The monoisotopic (exact) mass is 377 g/mol. The van der Waals surface area contributed by atoms with Crippen molar-refractivity contribution in [3.05, 3.63) is 66.1 Å². The van der Waals surface area contributed by atoms with E-state index in [-0.39, 0.29) is 41.0 Å². The van der Waals surface area contributed by atoms with E-state index in [0.717, 1.165) is 11.8 Å². The first-order valence-electron chi connectivity index (χ1n) is 7.47. The topological polar surface area (TPSA) is 77.2 Å². The predicted octanol–water partition coefficient (Wildman–Crippen LogP) is 3.66. The number of anilines is 1. The number of nitrogens with zero attached hydrogens (tertiary/aromatic N) is 2. The van der Waals surface area contributed by atoms with E-state index in [2.05, 4.69) is 15.5 Å². The molecule has 9 heteroatoms. The Kier molecular flexibility index (Phi) is 5.80. The number of thioether (sulfide) groups is 1. The molecule has 1 N–H and O–H groups in total. The molecule has 3 rings (SSSR count). The van der Waals surface area contributed by atoms with E-state index in [9.17, 15) is 13.6 Å². The Morgan fingerprint density at radius 2 is 1.69 bits per heavy atom. The third kappa shape index (κ3) is 5.28. The number of aromatic nitrogens is 2. The summed E-state index contributed by atoms with van der Waals surface area (Å²) >= 11 is 1.06. The third-order valence-electron chi connectivity index (χ3n) is 3.08. The molecule has 0 radical (unpaired) electrons. The lowest BCUT2D eigenvalue weighted by atomic mass is 10.3. The molecule has 0 saturated carbocycles. The van der Waals surface area contributed by atoms with Gasteiger partial charge in [-0.2, -0.15) is 0 Å². The molecule has 0 saturated heterocycles. The van der Waals surface area contributed by atoms with Crippen LogP contribution in [-0.4, -0.2) is 21.9 Å². The van der Waals surface area contributed by atoms with E-state index < -0.39 is 0 Å². The number of rotatable bonds is 7. The Bertz CT molecular complexity index is 870. The molecule has 2 aromatic carbocycles. The molecule has 0 aliphatic heterocycles. The van der Waals surface area contributed by atoms with E-state index in [1.807, 2.05) is 0 Å². The largest absolute Gasteiger partial charge is 0.484 e. The molecule has 3 aromatic rings. The van der Waals surface area contributed by atoms with Crippen LogP contribution >= 0.6 is 11.8 Å². The fraction of sp³-hybridized carbons (Fsp3) is 0.118. The maximum atomic E-state index is 12.8. The van der Waals surface area contributed by atoms with Gasteiger partial charge in [-0.1, -0.05) is 11.8 Å².